The normalized spacial score (nSPS) is 31.7. The zero-order valence-electron chi connectivity index (χ0n) is 23.4. The zero-order valence-corrected chi connectivity index (χ0v) is 24.2. The summed E-state index contributed by atoms with van der Waals surface area (Å²) in [6, 6.07) is -2.39. The molecule has 4 aliphatic rings. The van der Waals surface area contributed by atoms with Crippen molar-refractivity contribution in [3.63, 3.8) is 0 Å². The Hall–Kier alpha value is -3.20. The van der Waals surface area contributed by atoms with E-state index in [0.29, 0.717) is 25.7 Å². The van der Waals surface area contributed by atoms with Gasteiger partial charge in [-0.2, -0.15) is 0 Å². The molecule has 14 nitrogen and oxygen atoms in total. The second-order valence-corrected chi connectivity index (χ2v) is 13.8. The molecule has 2 aliphatic carbocycles. The summed E-state index contributed by atoms with van der Waals surface area (Å²) in [6.07, 6.45) is 4.11. The highest BCUT2D eigenvalue weighted by molar-refractivity contribution is 7.91. The average Bonchev–Trinajstić information content (AvgIpc) is 3.78. The molecule has 4 amide bonds. The van der Waals surface area contributed by atoms with Crippen LogP contribution in [0.3, 0.4) is 0 Å². The minimum Gasteiger partial charge on any atom is -0.463 e. The summed E-state index contributed by atoms with van der Waals surface area (Å²) in [5, 5.41) is 4.59. The largest absolute Gasteiger partial charge is 0.463 e. The first-order valence-corrected chi connectivity index (χ1v) is 15.3. The first-order chi connectivity index (χ1) is 19.3. The van der Waals surface area contributed by atoms with Crippen LogP contribution >= 0.6 is 0 Å². The number of carbonyl (C=O) groups is 5. The zero-order chi connectivity index (χ0) is 30.0. The summed E-state index contributed by atoms with van der Waals surface area (Å²) in [7, 11) is -3.87. The molecule has 2 saturated carbocycles. The topological polar surface area (TPSA) is 187 Å². The molecule has 228 valence electrons. The Balaban J connectivity index is 1.60. The molecule has 0 aromatic carbocycles. The lowest BCUT2D eigenvalue weighted by molar-refractivity contribution is -0.142. The van der Waals surface area contributed by atoms with Crippen LogP contribution in [0.2, 0.25) is 0 Å². The van der Waals surface area contributed by atoms with Crippen molar-refractivity contribution in [1.29, 1.82) is 0 Å². The van der Waals surface area contributed by atoms with Crippen molar-refractivity contribution in [3.05, 3.63) is 12.2 Å². The Morgan fingerprint density at radius 2 is 1.98 bits per heavy atom. The summed E-state index contributed by atoms with van der Waals surface area (Å²) in [6.45, 7) is 5.16. The van der Waals surface area contributed by atoms with E-state index in [-0.39, 0.29) is 39.1 Å². The minimum atomic E-state index is -3.87. The molecule has 3 N–H and O–H groups in total. The molecule has 41 heavy (non-hydrogen) atoms. The molecule has 0 spiro atoms. The second-order valence-electron chi connectivity index (χ2n) is 11.9. The lowest BCUT2D eigenvalue weighted by atomic mass is 10.1. The summed E-state index contributed by atoms with van der Waals surface area (Å²) >= 11 is 0. The molecule has 15 heteroatoms. The number of ether oxygens (including phenoxy) is 3. The van der Waals surface area contributed by atoms with Crippen molar-refractivity contribution in [2.45, 2.75) is 93.9 Å². The highest BCUT2D eigenvalue weighted by Gasteiger charge is 2.62. The van der Waals surface area contributed by atoms with Gasteiger partial charge in [0.2, 0.25) is 21.8 Å². The van der Waals surface area contributed by atoms with Crippen LogP contribution in [0.5, 0.6) is 0 Å². The number of fused-ring (bicyclic) bond motifs is 2. The van der Waals surface area contributed by atoms with Crippen LogP contribution in [-0.4, -0.2) is 97.9 Å². The third-order valence-electron chi connectivity index (χ3n) is 7.36. The monoisotopic (exact) mass is 598 g/mol. The number of hydrogen-bond donors (Lipinski definition) is 3. The lowest BCUT2D eigenvalue weighted by Crippen LogP contribution is -2.59. The predicted octanol–water partition coefficient (Wildman–Crippen LogP) is -0.128. The Morgan fingerprint density at radius 1 is 1.24 bits per heavy atom. The van der Waals surface area contributed by atoms with Crippen LogP contribution in [0.25, 0.3) is 0 Å². The number of rotatable bonds is 6. The van der Waals surface area contributed by atoms with Gasteiger partial charge in [-0.15, -0.1) is 0 Å². The van der Waals surface area contributed by atoms with Crippen LogP contribution < -0.4 is 15.4 Å². The molecule has 0 aromatic rings. The van der Waals surface area contributed by atoms with E-state index in [0.717, 1.165) is 0 Å². The quantitative estimate of drug-likeness (QED) is 0.275. The molecule has 4 rings (SSSR count). The standard InChI is InChI=1S/C26H38N4O10S/c1-25(2,3)40-24(35)27-19-14-38-10-6-4-5-7-16-12-26(16,23(34)29-41(36,37)18-8-9-18)28-21(32)20-11-17(39-15-31)13-30(20)22(19)33/h5,7,15-20H,4,6,8-14H2,1-3H3,(H,27,35)(H,28,32)(H,29,34)/b7-5-/t16-,17-,19+,20+,26-/m1/s1. The maximum absolute atomic E-state index is 13.7. The molecular weight excluding hydrogens is 560 g/mol. The number of carbonyl (C=O) groups excluding carboxylic acids is 5. The van der Waals surface area contributed by atoms with Crippen LogP contribution in [0, 0.1) is 5.92 Å². The number of nitrogens with one attached hydrogen (secondary N) is 3. The van der Waals surface area contributed by atoms with Gasteiger partial charge < -0.3 is 29.7 Å². The van der Waals surface area contributed by atoms with Crippen molar-refractivity contribution >= 4 is 40.3 Å². The van der Waals surface area contributed by atoms with Gasteiger partial charge in [0.25, 0.3) is 12.4 Å². The molecule has 0 radical (unpaired) electrons. The van der Waals surface area contributed by atoms with Crippen LogP contribution in [0.15, 0.2) is 12.2 Å². The van der Waals surface area contributed by atoms with E-state index in [9.17, 15) is 32.4 Å². The third-order valence-corrected chi connectivity index (χ3v) is 9.18. The van der Waals surface area contributed by atoms with E-state index in [1.54, 1.807) is 26.8 Å². The number of sulfonamides is 1. The van der Waals surface area contributed by atoms with E-state index < -0.39 is 74.3 Å². The van der Waals surface area contributed by atoms with E-state index in [1.165, 1.54) is 4.90 Å². The maximum atomic E-state index is 13.7. The molecule has 2 heterocycles. The Bertz CT molecular complexity index is 1200. The summed E-state index contributed by atoms with van der Waals surface area (Å²) in [4.78, 5) is 65.4. The summed E-state index contributed by atoms with van der Waals surface area (Å²) in [5.41, 5.74) is -2.35. The molecule has 5 atom stereocenters. The molecule has 2 aliphatic heterocycles. The highest BCUT2D eigenvalue weighted by Crippen LogP contribution is 2.46. The second kappa shape index (κ2) is 12.0. The fourth-order valence-electron chi connectivity index (χ4n) is 5.02. The smallest absolute Gasteiger partial charge is 0.408 e. The van der Waals surface area contributed by atoms with E-state index >= 15 is 0 Å². The predicted molar refractivity (Wildman–Crippen MR) is 142 cm³/mol. The van der Waals surface area contributed by atoms with Crippen molar-refractivity contribution < 1.29 is 46.6 Å². The first kappa shape index (κ1) is 30.8. The van der Waals surface area contributed by atoms with Gasteiger partial charge in [0.15, 0.2) is 0 Å². The Labute approximate surface area is 238 Å². The molecule has 0 aromatic heterocycles. The van der Waals surface area contributed by atoms with Gasteiger partial charge in [0.05, 0.1) is 18.4 Å². The van der Waals surface area contributed by atoms with Crippen LogP contribution in [0.1, 0.15) is 59.3 Å². The Morgan fingerprint density at radius 3 is 2.63 bits per heavy atom. The van der Waals surface area contributed by atoms with Crippen LogP contribution in [0.4, 0.5) is 4.79 Å². The third kappa shape index (κ3) is 7.56. The van der Waals surface area contributed by atoms with Gasteiger partial charge in [-0.1, -0.05) is 12.2 Å². The van der Waals surface area contributed by atoms with Crippen molar-refractivity contribution in [2.75, 3.05) is 19.8 Å². The summed E-state index contributed by atoms with van der Waals surface area (Å²) in [5.74, 6) is -2.66. The molecular formula is C26H38N4O10S. The first-order valence-electron chi connectivity index (χ1n) is 13.8. The lowest BCUT2D eigenvalue weighted by Gasteiger charge is -2.30. The van der Waals surface area contributed by atoms with Gasteiger partial charge in [0.1, 0.15) is 29.3 Å². The number of alkyl carbamates (subject to hydrolysis) is 1. The number of nitrogens with zero attached hydrogens (tertiary/aromatic N) is 1. The van der Waals surface area contributed by atoms with Gasteiger partial charge in [-0.3, -0.25) is 23.9 Å². The van der Waals surface area contributed by atoms with Gasteiger partial charge in [0, 0.05) is 18.9 Å². The van der Waals surface area contributed by atoms with E-state index in [1.807, 2.05) is 6.08 Å². The molecule has 1 saturated heterocycles. The number of hydrogen-bond acceptors (Lipinski definition) is 10. The number of amides is 4. The Kier molecular flexibility index (Phi) is 8.97. The average molecular weight is 599 g/mol. The molecule has 0 bridgehead atoms. The van der Waals surface area contributed by atoms with Crippen LogP contribution in [-0.2, 0) is 43.4 Å². The maximum Gasteiger partial charge on any atom is 0.408 e. The summed E-state index contributed by atoms with van der Waals surface area (Å²) < 4.78 is 43.2. The van der Waals surface area contributed by atoms with Crippen molar-refractivity contribution in [1.82, 2.24) is 20.3 Å². The fraction of sp³-hybridized carbons (Fsp3) is 0.731. The fourth-order valence-corrected chi connectivity index (χ4v) is 6.39. The van der Waals surface area contributed by atoms with Gasteiger partial charge in [-0.25, -0.2) is 13.2 Å². The van der Waals surface area contributed by atoms with Crippen molar-refractivity contribution in [3.8, 4) is 0 Å². The minimum absolute atomic E-state index is 0.0606. The molecule has 0 unspecified atom stereocenters. The van der Waals surface area contributed by atoms with E-state index in [2.05, 4.69) is 15.4 Å². The highest BCUT2D eigenvalue weighted by atomic mass is 32.2. The molecule has 3 fully saturated rings. The van der Waals surface area contributed by atoms with Gasteiger partial charge in [-0.05, 0) is 52.9 Å². The van der Waals surface area contributed by atoms with Gasteiger partial charge >= 0.3 is 6.09 Å². The number of allylic oxidation sites excluding steroid dienone is 1. The van der Waals surface area contributed by atoms with E-state index in [4.69, 9.17) is 14.2 Å². The SMILES string of the molecule is CC(C)(C)OC(=O)N[C@H]1COCCC/C=C\[C@@H]2C[C@@]2(C(=O)NS(=O)(=O)C2CC2)NC(=O)[C@@H]2C[C@@H](OC=O)CN2C1=O. The van der Waals surface area contributed by atoms with Crippen molar-refractivity contribution in [2.24, 2.45) is 5.92 Å².